The van der Waals surface area contributed by atoms with Crippen LogP contribution in [-0.4, -0.2) is 42.3 Å². The summed E-state index contributed by atoms with van der Waals surface area (Å²) in [4.78, 5) is 13.9. The van der Waals surface area contributed by atoms with Gasteiger partial charge in [-0.2, -0.15) is 13.2 Å². The zero-order chi connectivity index (χ0) is 28.4. The Hall–Kier alpha value is -3.16. The standard InChI is InChI=1S/C32H30ClF4NO2/c33-30-27(6-2-7-28(30)32(35,36)37)26-5-1-4-23-17-24(31(39)40)12-13-25(23)29(26)22-10-8-20(9-11-22)16-21-18-38(19-21)15-3-14-34/h2,6-13,17,21H,1,3-5,14-16,18-19H2,(H,39,40). The molecule has 0 unspecified atom stereocenters. The maximum absolute atomic E-state index is 13.7. The first-order valence-corrected chi connectivity index (χ1v) is 13.9. The van der Waals surface area contributed by atoms with Gasteiger partial charge in [0, 0.05) is 19.6 Å². The van der Waals surface area contributed by atoms with E-state index in [9.17, 15) is 27.5 Å². The predicted octanol–water partition coefficient (Wildman–Crippen LogP) is 8.19. The molecule has 0 amide bonds. The fourth-order valence-electron chi connectivity index (χ4n) is 5.92. The maximum Gasteiger partial charge on any atom is 0.417 e. The van der Waals surface area contributed by atoms with Gasteiger partial charge in [0.15, 0.2) is 0 Å². The molecule has 5 rings (SSSR count). The lowest BCUT2D eigenvalue weighted by Gasteiger charge is -2.39. The van der Waals surface area contributed by atoms with E-state index < -0.39 is 17.7 Å². The van der Waals surface area contributed by atoms with Crippen molar-refractivity contribution in [3.05, 3.63) is 105 Å². The third-order valence-corrected chi connectivity index (χ3v) is 8.24. The summed E-state index contributed by atoms with van der Waals surface area (Å²) in [7, 11) is 0. The Bertz CT molecular complexity index is 1430. The number of nitrogens with zero attached hydrogens (tertiary/aromatic N) is 1. The van der Waals surface area contributed by atoms with Crippen LogP contribution in [0.1, 0.15) is 63.0 Å². The minimum absolute atomic E-state index is 0.176. The number of hydrogen-bond donors (Lipinski definition) is 1. The summed E-state index contributed by atoms with van der Waals surface area (Å²) in [6.07, 6.45) is -1.40. The summed E-state index contributed by atoms with van der Waals surface area (Å²) < 4.78 is 53.7. The quantitative estimate of drug-likeness (QED) is 0.277. The van der Waals surface area contributed by atoms with Gasteiger partial charge < -0.3 is 10.0 Å². The number of benzene rings is 3. The molecule has 0 saturated carbocycles. The van der Waals surface area contributed by atoms with E-state index in [2.05, 4.69) is 4.90 Å². The first kappa shape index (κ1) is 28.4. The maximum atomic E-state index is 13.7. The fraction of sp³-hybridized carbons (Fsp3) is 0.344. The van der Waals surface area contributed by atoms with Crippen LogP contribution in [0.3, 0.4) is 0 Å². The van der Waals surface area contributed by atoms with Crippen LogP contribution in [0.25, 0.3) is 11.1 Å². The second-order valence-electron chi connectivity index (χ2n) is 10.6. The fourth-order valence-corrected chi connectivity index (χ4v) is 6.26. The van der Waals surface area contributed by atoms with Crippen molar-refractivity contribution >= 4 is 28.7 Å². The molecular formula is C32H30ClF4NO2. The van der Waals surface area contributed by atoms with Gasteiger partial charge in [-0.25, -0.2) is 4.79 Å². The monoisotopic (exact) mass is 571 g/mol. The van der Waals surface area contributed by atoms with Gasteiger partial charge >= 0.3 is 12.1 Å². The van der Waals surface area contributed by atoms with Crippen molar-refractivity contribution < 1.29 is 27.5 Å². The topological polar surface area (TPSA) is 40.5 Å². The lowest BCUT2D eigenvalue weighted by molar-refractivity contribution is -0.137. The van der Waals surface area contributed by atoms with Crippen LogP contribution in [0.15, 0.2) is 60.7 Å². The van der Waals surface area contributed by atoms with E-state index in [4.69, 9.17) is 11.6 Å². The van der Waals surface area contributed by atoms with Crippen LogP contribution in [-0.2, 0) is 19.0 Å². The van der Waals surface area contributed by atoms with Gasteiger partial charge in [0.1, 0.15) is 0 Å². The number of allylic oxidation sites excluding steroid dienone is 1. The Kier molecular flexibility index (Phi) is 8.34. The van der Waals surface area contributed by atoms with Crippen molar-refractivity contribution in [3.8, 4) is 0 Å². The van der Waals surface area contributed by atoms with Gasteiger partial charge in [-0.1, -0.05) is 54.1 Å². The molecule has 0 bridgehead atoms. The second-order valence-corrected chi connectivity index (χ2v) is 11.0. The number of aromatic carboxylic acids is 1. The van der Waals surface area contributed by atoms with Crippen LogP contribution >= 0.6 is 11.6 Å². The van der Waals surface area contributed by atoms with Crippen molar-refractivity contribution in [2.24, 2.45) is 5.92 Å². The third kappa shape index (κ3) is 5.96. The predicted molar refractivity (Wildman–Crippen MR) is 149 cm³/mol. The summed E-state index contributed by atoms with van der Waals surface area (Å²) in [6, 6.07) is 17.0. The molecule has 0 atom stereocenters. The number of carbonyl (C=O) groups is 1. The molecule has 8 heteroatoms. The number of fused-ring (bicyclic) bond motifs is 1. The van der Waals surface area contributed by atoms with Crippen LogP contribution < -0.4 is 0 Å². The lowest BCUT2D eigenvalue weighted by atomic mass is 9.85. The molecule has 1 aliphatic carbocycles. The molecule has 3 nitrogen and oxygen atoms in total. The van der Waals surface area contributed by atoms with E-state index in [0.717, 1.165) is 59.9 Å². The Balaban J connectivity index is 1.56. The molecular weight excluding hydrogens is 542 g/mol. The van der Waals surface area contributed by atoms with E-state index >= 15 is 0 Å². The molecule has 3 aromatic rings. The van der Waals surface area contributed by atoms with Gasteiger partial charge in [0.25, 0.3) is 0 Å². The number of carboxylic acid groups (broad SMARTS) is 1. The summed E-state index contributed by atoms with van der Waals surface area (Å²) in [5, 5.41) is 9.22. The van der Waals surface area contributed by atoms with Gasteiger partial charge in [0.2, 0.25) is 0 Å². The van der Waals surface area contributed by atoms with Crippen LogP contribution in [0.2, 0.25) is 5.02 Å². The number of halogens is 5. The number of aryl methyl sites for hydroxylation is 1. The average Bonchev–Trinajstić information content (AvgIpc) is 3.08. The molecule has 0 radical (unpaired) electrons. The van der Waals surface area contributed by atoms with Gasteiger partial charge in [-0.3, -0.25) is 4.39 Å². The summed E-state index contributed by atoms with van der Waals surface area (Å²) in [5.41, 5.74) is 4.79. The normalized spacial score (nSPS) is 16.4. The minimum atomic E-state index is -4.59. The Morgan fingerprint density at radius 1 is 1.00 bits per heavy atom. The van der Waals surface area contributed by atoms with Crippen LogP contribution in [0.5, 0.6) is 0 Å². The van der Waals surface area contributed by atoms with Crippen LogP contribution in [0.4, 0.5) is 17.6 Å². The van der Waals surface area contributed by atoms with Gasteiger partial charge in [-0.05, 0) is 95.2 Å². The first-order valence-electron chi connectivity index (χ1n) is 13.5. The smallest absolute Gasteiger partial charge is 0.417 e. The van der Waals surface area contributed by atoms with Gasteiger partial charge in [0.05, 0.1) is 22.8 Å². The lowest BCUT2D eigenvalue weighted by Crippen LogP contribution is -2.47. The average molecular weight is 572 g/mol. The number of carboxylic acids is 1. The SMILES string of the molecule is O=C(O)c1ccc2c(c1)CCCC(c1cccc(C(F)(F)F)c1Cl)=C2c1ccc(CC2CN(CCCF)C2)cc1. The third-order valence-electron chi connectivity index (χ3n) is 7.83. The summed E-state index contributed by atoms with van der Waals surface area (Å²) >= 11 is 6.42. The van der Waals surface area contributed by atoms with Crippen LogP contribution in [0, 0.1) is 5.92 Å². The van der Waals surface area contributed by atoms with Crippen molar-refractivity contribution in [2.75, 3.05) is 26.3 Å². The highest BCUT2D eigenvalue weighted by Gasteiger charge is 2.35. The zero-order valence-corrected chi connectivity index (χ0v) is 22.7. The Labute approximate surface area is 236 Å². The highest BCUT2D eigenvalue weighted by molar-refractivity contribution is 6.33. The molecule has 210 valence electrons. The molecule has 1 heterocycles. The number of alkyl halides is 4. The van der Waals surface area contributed by atoms with E-state index in [-0.39, 0.29) is 17.3 Å². The van der Waals surface area contributed by atoms with E-state index in [1.165, 1.54) is 12.1 Å². The van der Waals surface area contributed by atoms with E-state index in [1.807, 2.05) is 24.3 Å². The van der Waals surface area contributed by atoms with Crippen molar-refractivity contribution in [3.63, 3.8) is 0 Å². The minimum Gasteiger partial charge on any atom is -0.478 e. The molecule has 1 fully saturated rings. The Morgan fingerprint density at radius 2 is 1.75 bits per heavy atom. The van der Waals surface area contributed by atoms with Crippen molar-refractivity contribution in [1.82, 2.24) is 4.90 Å². The number of rotatable bonds is 8. The summed E-state index contributed by atoms with van der Waals surface area (Å²) in [5.74, 6) is -0.514. The second kappa shape index (κ2) is 11.8. The summed E-state index contributed by atoms with van der Waals surface area (Å²) in [6.45, 7) is 2.38. The van der Waals surface area contributed by atoms with Crippen molar-refractivity contribution in [1.29, 1.82) is 0 Å². The molecule has 1 saturated heterocycles. The molecule has 0 aromatic heterocycles. The molecule has 40 heavy (non-hydrogen) atoms. The highest BCUT2D eigenvalue weighted by atomic mass is 35.5. The van der Waals surface area contributed by atoms with E-state index in [0.29, 0.717) is 42.7 Å². The molecule has 1 aliphatic heterocycles. The van der Waals surface area contributed by atoms with E-state index in [1.54, 1.807) is 18.2 Å². The zero-order valence-electron chi connectivity index (χ0n) is 21.9. The number of hydrogen-bond acceptors (Lipinski definition) is 2. The van der Waals surface area contributed by atoms with Gasteiger partial charge in [-0.15, -0.1) is 0 Å². The van der Waals surface area contributed by atoms with Crippen molar-refractivity contribution in [2.45, 2.75) is 38.3 Å². The molecule has 1 N–H and O–H groups in total. The first-order chi connectivity index (χ1) is 19.2. The molecule has 0 spiro atoms. The highest BCUT2D eigenvalue weighted by Crippen LogP contribution is 2.45. The number of likely N-dealkylation sites (tertiary alicyclic amines) is 1. The molecule has 2 aliphatic rings. The molecule has 3 aromatic carbocycles. The Morgan fingerprint density at radius 3 is 2.42 bits per heavy atom. The largest absolute Gasteiger partial charge is 0.478 e.